The summed E-state index contributed by atoms with van der Waals surface area (Å²) in [6.45, 7) is 3.87. The largest absolute Gasteiger partial charge is 0.290 e. The second kappa shape index (κ2) is 6.35. The zero-order valence-corrected chi connectivity index (χ0v) is 15.9. The van der Waals surface area contributed by atoms with Crippen LogP contribution in [-0.4, -0.2) is 18.2 Å². The lowest BCUT2D eigenvalue weighted by molar-refractivity contribution is -0.111. The summed E-state index contributed by atoms with van der Waals surface area (Å²) in [6.07, 6.45) is 6.83. The van der Waals surface area contributed by atoms with Gasteiger partial charge in [-0.2, -0.15) is 0 Å². The van der Waals surface area contributed by atoms with Gasteiger partial charge in [0.15, 0.2) is 5.78 Å². The lowest BCUT2D eigenvalue weighted by Crippen LogP contribution is -2.11. The Morgan fingerprint density at radius 2 is 1.74 bits per heavy atom. The molecule has 0 unspecified atom stereocenters. The molecule has 0 N–H and O–H groups in total. The Morgan fingerprint density at radius 3 is 2.41 bits per heavy atom. The number of aryl methyl sites for hydroxylation is 1. The number of carbonyl (C=O) groups is 1. The van der Waals surface area contributed by atoms with Crippen molar-refractivity contribution in [3.05, 3.63) is 83.6 Å². The van der Waals surface area contributed by atoms with Gasteiger partial charge in [-0.3, -0.25) is 4.79 Å². The Morgan fingerprint density at radius 1 is 1.04 bits per heavy atom. The molecule has 0 saturated carbocycles. The summed E-state index contributed by atoms with van der Waals surface area (Å²) >= 11 is 0. The standard InChI is InChI=1S/C22H19NO3S/c1-15-7-10-18(11-8-15)27(25,26)23-14-17(19-5-3-4-6-21(19)23)13-20-16(2)9-12-22(20)24/h3-14,16H,1-2H3/b20-13+/t16-/m0/s1. The van der Waals surface area contributed by atoms with Crippen molar-refractivity contribution < 1.29 is 13.2 Å². The van der Waals surface area contributed by atoms with Crippen LogP contribution in [0, 0.1) is 12.8 Å². The van der Waals surface area contributed by atoms with Crippen molar-refractivity contribution in [1.82, 2.24) is 3.97 Å². The number of hydrogen-bond donors (Lipinski definition) is 0. The quantitative estimate of drug-likeness (QED) is 0.638. The molecule has 4 nitrogen and oxygen atoms in total. The average molecular weight is 377 g/mol. The first-order valence-corrected chi connectivity index (χ1v) is 10.2. The molecule has 1 aromatic heterocycles. The van der Waals surface area contributed by atoms with Crippen molar-refractivity contribution in [2.24, 2.45) is 5.92 Å². The number of aromatic nitrogens is 1. The van der Waals surface area contributed by atoms with E-state index in [2.05, 4.69) is 0 Å². The first-order chi connectivity index (χ1) is 12.9. The van der Waals surface area contributed by atoms with E-state index < -0.39 is 10.0 Å². The fourth-order valence-corrected chi connectivity index (χ4v) is 4.72. The number of fused-ring (bicyclic) bond motifs is 1. The van der Waals surface area contributed by atoms with Gasteiger partial charge in [-0.05, 0) is 37.3 Å². The number of carbonyl (C=O) groups excluding carboxylic acids is 1. The number of hydrogen-bond acceptors (Lipinski definition) is 3. The van der Waals surface area contributed by atoms with Crippen LogP contribution in [0.25, 0.3) is 17.0 Å². The molecule has 0 radical (unpaired) electrons. The third-order valence-corrected chi connectivity index (χ3v) is 6.60. The number of ketones is 1. The molecular formula is C22H19NO3S. The third-order valence-electron chi connectivity index (χ3n) is 4.91. The smallest absolute Gasteiger partial charge is 0.268 e. The Balaban J connectivity index is 1.92. The predicted octanol–water partition coefficient (Wildman–Crippen LogP) is 4.35. The van der Waals surface area contributed by atoms with Crippen LogP contribution in [0.2, 0.25) is 0 Å². The van der Waals surface area contributed by atoms with Crippen molar-refractivity contribution in [3.63, 3.8) is 0 Å². The molecule has 1 atom stereocenters. The maximum absolute atomic E-state index is 13.2. The monoisotopic (exact) mass is 377 g/mol. The molecule has 27 heavy (non-hydrogen) atoms. The highest BCUT2D eigenvalue weighted by atomic mass is 32.2. The zero-order valence-electron chi connectivity index (χ0n) is 15.1. The van der Waals surface area contributed by atoms with Crippen LogP contribution in [-0.2, 0) is 14.8 Å². The fourth-order valence-electron chi connectivity index (χ4n) is 3.34. The van der Waals surface area contributed by atoms with Gasteiger partial charge >= 0.3 is 0 Å². The summed E-state index contributed by atoms with van der Waals surface area (Å²) < 4.78 is 27.7. The number of allylic oxidation sites excluding steroid dienone is 3. The van der Waals surface area contributed by atoms with Crippen LogP contribution in [0.1, 0.15) is 18.1 Å². The lowest BCUT2D eigenvalue weighted by atomic mass is 10.0. The van der Waals surface area contributed by atoms with Crippen LogP contribution in [0.5, 0.6) is 0 Å². The molecule has 0 spiro atoms. The van der Waals surface area contributed by atoms with Gasteiger partial charge in [0, 0.05) is 28.6 Å². The molecule has 4 rings (SSSR count). The predicted molar refractivity (Wildman–Crippen MR) is 107 cm³/mol. The Kier molecular flexibility index (Phi) is 4.12. The number of para-hydroxylation sites is 1. The highest BCUT2D eigenvalue weighted by Crippen LogP contribution is 2.30. The summed E-state index contributed by atoms with van der Waals surface area (Å²) in [5.74, 6) is -0.00552. The first-order valence-electron chi connectivity index (χ1n) is 8.74. The minimum atomic E-state index is -3.74. The van der Waals surface area contributed by atoms with Crippen LogP contribution >= 0.6 is 0 Å². The van der Waals surface area contributed by atoms with E-state index in [4.69, 9.17) is 0 Å². The van der Waals surface area contributed by atoms with E-state index in [1.807, 2.05) is 38.1 Å². The molecular weight excluding hydrogens is 358 g/mol. The van der Waals surface area contributed by atoms with Crippen LogP contribution < -0.4 is 0 Å². The minimum Gasteiger partial charge on any atom is -0.290 e. The van der Waals surface area contributed by atoms with Gasteiger partial charge in [0.05, 0.1) is 10.4 Å². The number of rotatable bonds is 3. The van der Waals surface area contributed by atoms with E-state index in [0.717, 1.165) is 16.5 Å². The number of nitrogens with zero attached hydrogens (tertiary/aromatic N) is 1. The van der Waals surface area contributed by atoms with Crippen LogP contribution in [0.4, 0.5) is 0 Å². The van der Waals surface area contributed by atoms with E-state index in [1.54, 1.807) is 48.7 Å². The molecule has 0 aliphatic heterocycles. The molecule has 136 valence electrons. The van der Waals surface area contributed by atoms with E-state index in [0.29, 0.717) is 11.1 Å². The van der Waals surface area contributed by atoms with Gasteiger partial charge in [-0.15, -0.1) is 0 Å². The van der Waals surface area contributed by atoms with Crippen molar-refractivity contribution in [2.45, 2.75) is 18.7 Å². The Labute approximate surface area is 158 Å². The highest BCUT2D eigenvalue weighted by Gasteiger charge is 2.23. The number of benzene rings is 2. The Bertz CT molecular complexity index is 1210. The van der Waals surface area contributed by atoms with E-state index >= 15 is 0 Å². The van der Waals surface area contributed by atoms with E-state index in [1.165, 1.54) is 3.97 Å². The second-order valence-electron chi connectivity index (χ2n) is 6.83. The molecule has 1 aliphatic rings. The van der Waals surface area contributed by atoms with Crippen molar-refractivity contribution >= 4 is 32.8 Å². The minimum absolute atomic E-state index is 0.0216. The molecule has 2 aromatic carbocycles. The van der Waals surface area contributed by atoms with E-state index in [9.17, 15) is 13.2 Å². The van der Waals surface area contributed by atoms with Crippen molar-refractivity contribution in [2.75, 3.05) is 0 Å². The lowest BCUT2D eigenvalue weighted by Gasteiger charge is -2.07. The maximum atomic E-state index is 13.2. The summed E-state index contributed by atoms with van der Waals surface area (Å²) in [4.78, 5) is 12.3. The zero-order chi connectivity index (χ0) is 19.2. The van der Waals surface area contributed by atoms with Gasteiger partial charge in [0.25, 0.3) is 10.0 Å². The molecule has 1 aliphatic carbocycles. The molecule has 0 amide bonds. The molecule has 3 aromatic rings. The van der Waals surface area contributed by atoms with Gasteiger partial charge < -0.3 is 0 Å². The average Bonchev–Trinajstić information content (AvgIpc) is 3.18. The normalized spacial score (nSPS) is 18.7. The molecule has 0 bridgehead atoms. The fraction of sp³-hybridized carbons (Fsp3) is 0.136. The third kappa shape index (κ3) is 2.94. The second-order valence-corrected chi connectivity index (χ2v) is 8.64. The summed E-state index contributed by atoms with van der Waals surface area (Å²) in [7, 11) is -3.74. The summed E-state index contributed by atoms with van der Waals surface area (Å²) in [5.41, 5.74) is 2.99. The molecule has 5 heteroatoms. The van der Waals surface area contributed by atoms with Gasteiger partial charge in [0.1, 0.15) is 0 Å². The molecule has 0 saturated heterocycles. The van der Waals surface area contributed by atoms with Crippen LogP contribution in [0.3, 0.4) is 0 Å². The van der Waals surface area contributed by atoms with Gasteiger partial charge in [-0.25, -0.2) is 12.4 Å². The molecule has 0 fully saturated rings. The highest BCUT2D eigenvalue weighted by molar-refractivity contribution is 7.90. The van der Waals surface area contributed by atoms with Gasteiger partial charge in [-0.1, -0.05) is 48.9 Å². The summed E-state index contributed by atoms with van der Waals surface area (Å²) in [5, 5.41) is 0.799. The summed E-state index contributed by atoms with van der Waals surface area (Å²) in [6, 6.07) is 14.1. The maximum Gasteiger partial charge on any atom is 0.268 e. The molecule has 1 heterocycles. The SMILES string of the molecule is Cc1ccc(S(=O)(=O)n2cc(/C=C3/C(=O)C=C[C@@H]3C)c3ccccc32)cc1. The van der Waals surface area contributed by atoms with Crippen molar-refractivity contribution in [3.8, 4) is 0 Å². The van der Waals surface area contributed by atoms with E-state index in [-0.39, 0.29) is 16.6 Å². The Hall–Kier alpha value is -2.92. The van der Waals surface area contributed by atoms with Crippen LogP contribution in [0.15, 0.2) is 77.3 Å². The van der Waals surface area contributed by atoms with Gasteiger partial charge in [0.2, 0.25) is 0 Å². The van der Waals surface area contributed by atoms with Crippen molar-refractivity contribution in [1.29, 1.82) is 0 Å². The topological polar surface area (TPSA) is 56.1 Å². The first kappa shape index (κ1) is 17.5.